The number of hydrogen-bond donors (Lipinski definition) is 1. The fraction of sp³-hybridized carbons (Fsp3) is 0.538. The minimum atomic E-state index is 0.519. The molecule has 2 atom stereocenters. The van der Waals surface area contributed by atoms with Gasteiger partial charge in [-0.05, 0) is 24.8 Å². The van der Waals surface area contributed by atoms with Crippen LogP contribution in [0.25, 0.3) is 0 Å². The molecule has 0 radical (unpaired) electrons. The average Bonchev–Trinajstić information content (AvgIpc) is 2.68. The number of methoxy groups -OCH3 is 1. The normalized spacial score (nSPS) is 25.7. The highest BCUT2D eigenvalue weighted by Gasteiger charge is 2.24. The van der Waals surface area contributed by atoms with Crippen molar-refractivity contribution in [1.82, 2.24) is 5.32 Å². The Morgan fingerprint density at radius 1 is 1.33 bits per heavy atom. The van der Waals surface area contributed by atoms with E-state index >= 15 is 0 Å². The molecule has 1 aliphatic heterocycles. The van der Waals surface area contributed by atoms with Gasteiger partial charge in [-0.2, -0.15) is 0 Å². The van der Waals surface area contributed by atoms with Crippen molar-refractivity contribution in [3.63, 3.8) is 0 Å². The molecule has 1 aromatic rings. The minimum Gasteiger partial charge on any atom is -0.384 e. The molecule has 1 fully saturated rings. The molecule has 1 heterocycles. The minimum absolute atomic E-state index is 0.519. The van der Waals surface area contributed by atoms with Crippen LogP contribution in [0.4, 0.5) is 0 Å². The van der Waals surface area contributed by atoms with E-state index in [1.165, 1.54) is 17.5 Å². The molecule has 0 aliphatic carbocycles. The second kappa shape index (κ2) is 4.77. The van der Waals surface area contributed by atoms with Crippen molar-refractivity contribution in [2.45, 2.75) is 19.4 Å². The summed E-state index contributed by atoms with van der Waals surface area (Å²) in [7, 11) is 1.78. The van der Waals surface area contributed by atoms with E-state index in [0.29, 0.717) is 12.0 Å². The molecule has 0 bridgehead atoms. The second-order valence-electron chi connectivity index (χ2n) is 4.43. The summed E-state index contributed by atoms with van der Waals surface area (Å²) in [5, 5.41) is 3.55. The first kappa shape index (κ1) is 10.7. The van der Waals surface area contributed by atoms with Gasteiger partial charge in [0, 0.05) is 19.7 Å². The van der Waals surface area contributed by atoms with Crippen molar-refractivity contribution in [2.75, 3.05) is 20.3 Å². The molecule has 2 heteroatoms. The molecule has 82 valence electrons. The lowest BCUT2D eigenvalue weighted by Crippen LogP contribution is -2.14. The van der Waals surface area contributed by atoms with Gasteiger partial charge in [0.05, 0.1) is 6.61 Å². The van der Waals surface area contributed by atoms with Gasteiger partial charge in [-0.25, -0.2) is 0 Å². The molecule has 1 saturated heterocycles. The number of aryl methyl sites for hydroxylation is 1. The van der Waals surface area contributed by atoms with Crippen molar-refractivity contribution >= 4 is 0 Å². The van der Waals surface area contributed by atoms with Gasteiger partial charge in [0.25, 0.3) is 0 Å². The summed E-state index contributed by atoms with van der Waals surface area (Å²) in [6, 6.07) is 9.33. The lowest BCUT2D eigenvalue weighted by atomic mass is 10.00. The van der Waals surface area contributed by atoms with E-state index in [1.54, 1.807) is 7.11 Å². The van der Waals surface area contributed by atoms with E-state index in [9.17, 15) is 0 Å². The van der Waals surface area contributed by atoms with E-state index in [4.69, 9.17) is 4.74 Å². The molecule has 1 N–H and O–H groups in total. The van der Waals surface area contributed by atoms with Crippen LogP contribution < -0.4 is 5.32 Å². The summed E-state index contributed by atoms with van der Waals surface area (Å²) in [6.07, 6.45) is 1.19. The fourth-order valence-electron chi connectivity index (χ4n) is 2.22. The Morgan fingerprint density at radius 3 is 2.73 bits per heavy atom. The van der Waals surface area contributed by atoms with E-state index < -0.39 is 0 Å². The fourth-order valence-corrected chi connectivity index (χ4v) is 2.22. The van der Waals surface area contributed by atoms with E-state index in [0.717, 1.165) is 13.2 Å². The first-order chi connectivity index (χ1) is 7.29. The van der Waals surface area contributed by atoms with Gasteiger partial charge >= 0.3 is 0 Å². The van der Waals surface area contributed by atoms with Gasteiger partial charge in [0.15, 0.2) is 0 Å². The van der Waals surface area contributed by atoms with Crippen LogP contribution in [0.15, 0.2) is 24.3 Å². The maximum absolute atomic E-state index is 5.19. The van der Waals surface area contributed by atoms with Crippen LogP contribution in [0.5, 0.6) is 0 Å². The highest BCUT2D eigenvalue weighted by Crippen LogP contribution is 2.27. The number of hydrogen-bond acceptors (Lipinski definition) is 2. The molecule has 2 nitrogen and oxygen atoms in total. The smallest absolute Gasteiger partial charge is 0.0503 e. The number of benzene rings is 1. The summed E-state index contributed by atoms with van der Waals surface area (Å²) in [6.45, 7) is 4.07. The van der Waals surface area contributed by atoms with E-state index in [2.05, 4.69) is 36.5 Å². The van der Waals surface area contributed by atoms with Crippen molar-refractivity contribution in [1.29, 1.82) is 0 Å². The van der Waals surface area contributed by atoms with Gasteiger partial charge in [0.1, 0.15) is 0 Å². The second-order valence-corrected chi connectivity index (χ2v) is 4.43. The zero-order valence-corrected chi connectivity index (χ0v) is 9.49. The third-order valence-corrected chi connectivity index (χ3v) is 3.10. The Morgan fingerprint density at radius 2 is 2.07 bits per heavy atom. The van der Waals surface area contributed by atoms with Gasteiger partial charge in [-0.1, -0.05) is 29.8 Å². The Balaban J connectivity index is 1.98. The van der Waals surface area contributed by atoms with E-state index in [1.807, 2.05) is 0 Å². The lowest BCUT2D eigenvalue weighted by molar-refractivity contribution is 0.159. The number of ether oxygens (including phenoxy) is 1. The molecular formula is C13H19NO. The predicted octanol–water partition coefficient (Wildman–Crippen LogP) is 2.29. The predicted molar refractivity (Wildman–Crippen MR) is 61.9 cm³/mol. The Kier molecular flexibility index (Phi) is 3.39. The van der Waals surface area contributed by atoms with Gasteiger partial charge in [-0.3, -0.25) is 0 Å². The topological polar surface area (TPSA) is 21.3 Å². The standard InChI is InChI=1S/C13H19NO/c1-10-3-5-12(6-4-10)13-7-11(8-14-13)9-15-2/h3-6,11,13-14H,7-9H2,1-2H3. The van der Waals surface area contributed by atoms with E-state index in [-0.39, 0.29) is 0 Å². The summed E-state index contributed by atoms with van der Waals surface area (Å²) in [5.74, 6) is 0.668. The average molecular weight is 205 g/mol. The third kappa shape index (κ3) is 2.58. The molecule has 0 amide bonds. The third-order valence-electron chi connectivity index (χ3n) is 3.10. The quantitative estimate of drug-likeness (QED) is 0.817. The molecule has 15 heavy (non-hydrogen) atoms. The Hall–Kier alpha value is -0.860. The van der Waals surface area contributed by atoms with Crippen LogP contribution in [-0.2, 0) is 4.74 Å². The highest BCUT2D eigenvalue weighted by atomic mass is 16.5. The summed E-state index contributed by atoms with van der Waals surface area (Å²) >= 11 is 0. The van der Waals surface area contributed by atoms with Crippen molar-refractivity contribution in [3.05, 3.63) is 35.4 Å². The van der Waals surface area contributed by atoms with Gasteiger partial charge in [0.2, 0.25) is 0 Å². The molecule has 2 unspecified atom stereocenters. The first-order valence-electron chi connectivity index (χ1n) is 5.58. The highest BCUT2D eigenvalue weighted by molar-refractivity contribution is 5.24. The molecule has 1 aliphatic rings. The van der Waals surface area contributed by atoms with Crippen molar-refractivity contribution < 1.29 is 4.74 Å². The van der Waals surface area contributed by atoms with Crippen molar-refractivity contribution in [3.8, 4) is 0 Å². The van der Waals surface area contributed by atoms with Crippen LogP contribution in [0.2, 0.25) is 0 Å². The van der Waals surface area contributed by atoms with Gasteiger partial charge < -0.3 is 10.1 Å². The monoisotopic (exact) mass is 205 g/mol. The zero-order chi connectivity index (χ0) is 10.7. The van der Waals surface area contributed by atoms with Crippen LogP contribution in [0, 0.1) is 12.8 Å². The summed E-state index contributed by atoms with van der Waals surface area (Å²) in [4.78, 5) is 0. The van der Waals surface area contributed by atoms with Crippen LogP contribution in [-0.4, -0.2) is 20.3 Å². The maximum Gasteiger partial charge on any atom is 0.0503 e. The molecule has 0 saturated carbocycles. The molecule has 0 spiro atoms. The van der Waals surface area contributed by atoms with Crippen LogP contribution in [0.1, 0.15) is 23.6 Å². The first-order valence-corrected chi connectivity index (χ1v) is 5.58. The van der Waals surface area contributed by atoms with Crippen molar-refractivity contribution in [2.24, 2.45) is 5.92 Å². The summed E-state index contributed by atoms with van der Waals surface area (Å²) in [5.41, 5.74) is 2.73. The van der Waals surface area contributed by atoms with Crippen LogP contribution in [0.3, 0.4) is 0 Å². The molecule has 2 rings (SSSR count). The van der Waals surface area contributed by atoms with Gasteiger partial charge in [-0.15, -0.1) is 0 Å². The SMILES string of the molecule is COCC1CNC(c2ccc(C)cc2)C1. The molecular weight excluding hydrogens is 186 g/mol. The van der Waals surface area contributed by atoms with Crippen LogP contribution >= 0.6 is 0 Å². The number of rotatable bonds is 3. The zero-order valence-electron chi connectivity index (χ0n) is 9.49. The maximum atomic E-state index is 5.19. The lowest BCUT2D eigenvalue weighted by Gasteiger charge is -2.11. The molecule has 1 aromatic carbocycles. The molecule has 0 aromatic heterocycles. The Bertz CT molecular complexity index is 307. The largest absolute Gasteiger partial charge is 0.384 e. The Labute approximate surface area is 91.6 Å². The summed E-state index contributed by atoms with van der Waals surface area (Å²) < 4.78 is 5.19. The number of nitrogens with one attached hydrogen (secondary N) is 1.